The van der Waals surface area contributed by atoms with Crippen LogP contribution in [0.3, 0.4) is 0 Å². The van der Waals surface area contributed by atoms with Crippen LogP contribution in [0.4, 0.5) is 16.4 Å². The van der Waals surface area contributed by atoms with Crippen molar-refractivity contribution in [2.75, 3.05) is 30.3 Å². The summed E-state index contributed by atoms with van der Waals surface area (Å²) in [5.41, 5.74) is 1.47. The molecule has 0 aliphatic carbocycles. The maximum atomic E-state index is 12.9. The molecule has 2 N–H and O–H groups in total. The number of anilines is 2. The predicted molar refractivity (Wildman–Crippen MR) is 136 cm³/mol. The Morgan fingerprint density at radius 1 is 1.03 bits per heavy atom. The van der Waals surface area contributed by atoms with Crippen LogP contribution in [0.15, 0.2) is 60.9 Å². The average molecular weight is 514 g/mol. The summed E-state index contributed by atoms with van der Waals surface area (Å²) in [5.74, 6) is -0.0614. The normalized spacial score (nSPS) is 14.8. The van der Waals surface area contributed by atoms with Crippen LogP contribution in [-0.2, 0) is 10.3 Å². The standard InChI is InChI=1S/C25H25Cl2N5O3/c1-2-35-22(33)17-15-28-23(29-16-17)31-25(18-6-4-3-5-7-18)10-12-32(13-11-25)24(34)30-19-8-9-20(26)21(27)14-19/h3-9,14-16H,2,10-13H2,1H3,(H,30,34)(H,28,29,31). The Morgan fingerprint density at radius 2 is 1.71 bits per heavy atom. The number of piperidine rings is 1. The number of halogens is 2. The van der Waals surface area contributed by atoms with E-state index in [9.17, 15) is 9.59 Å². The monoisotopic (exact) mass is 513 g/mol. The number of benzene rings is 2. The number of aromatic nitrogens is 2. The number of nitrogens with zero attached hydrogens (tertiary/aromatic N) is 3. The second-order valence-electron chi connectivity index (χ2n) is 8.14. The van der Waals surface area contributed by atoms with E-state index in [2.05, 4.69) is 20.6 Å². The SMILES string of the molecule is CCOC(=O)c1cnc(NC2(c3ccccc3)CCN(C(=O)Nc3ccc(Cl)c(Cl)c3)CC2)nc1. The zero-order chi connectivity index (χ0) is 24.8. The average Bonchev–Trinajstić information content (AvgIpc) is 2.88. The fraction of sp³-hybridized carbons (Fsp3) is 0.280. The number of likely N-dealkylation sites (tertiary alicyclic amines) is 1. The van der Waals surface area contributed by atoms with E-state index < -0.39 is 11.5 Å². The van der Waals surface area contributed by atoms with Crippen molar-refractivity contribution in [1.29, 1.82) is 0 Å². The molecule has 0 saturated carbocycles. The summed E-state index contributed by atoms with van der Waals surface area (Å²) in [6.45, 7) is 3.05. The van der Waals surface area contributed by atoms with Crippen molar-refractivity contribution in [2.24, 2.45) is 0 Å². The molecule has 2 aromatic carbocycles. The van der Waals surface area contributed by atoms with Gasteiger partial charge in [-0.05, 0) is 43.5 Å². The first kappa shape index (κ1) is 24.8. The molecule has 8 nitrogen and oxygen atoms in total. The highest BCUT2D eigenvalue weighted by atomic mass is 35.5. The molecule has 0 atom stereocenters. The van der Waals surface area contributed by atoms with E-state index in [0.29, 0.717) is 53.2 Å². The van der Waals surface area contributed by atoms with Crippen LogP contribution in [0.25, 0.3) is 0 Å². The van der Waals surface area contributed by atoms with Crippen LogP contribution in [0.2, 0.25) is 10.0 Å². The summed E-state index contributed by atoms with van der Waals surface area (Å²) in [6, 6.07) is 14.8. The second kappa shape index (κ2) is 10.9. The van der Waals surface area contributed by atoms with Gasteiger partial charge in [0.1, 0.15) is 0 Å². The highest BCUT2D eigenvalue weighted by Crippen LogP contribution is 2.36. The van der Waals surface area contributed by atoms with Crippen molar-refractivity contribution >= 4 is 46.8 Å². The van der Waals surface area contributed by atoms with Gasteiger partial charge in [-0.3, -0.25) is 0 Å². The first-order chi connectivity index (χ1) is 16.9. The number of nitrogens with one attached hydrogen (secondary N) is 2. The van der Waals surface area contributed by atoms with Gasteiger partial charge in [0.2, 0.25) is 5.95 Å². The molecule has 4 rings (SSSR count). The van der Waals surface area contributed by atoms with Gasteiger partial charge >= 0.3 is 12.0 Å². The highest BCUT2D eigenvalue weighted by Gasteiger charge is 2.38. The molecule has 10 heteroatoms. The van der Waals surface area contributed by atoms with Crippen molar-refractivity contribution < 1.29 is 14.3 Å². The topological polar surface area (TPSA) is 96.5 Å². The Balaban J connectivity index is 1.48. The first-order valence-electron chi connectivity index (χ1n) is 11.2. The number of hydrogen-bond donors (Lipinski definition) is 2. The summed E-state index contributed by atoms with van der Waals surface area (Å²) in [6.07, 6.45) is 4.17. The molecule has 0 radical (unpaired) electrons. The minimum absolute atomic E-state index is 0.208. The summed E-state index contributed by atoms with van der Waals surface area (Å²) in [5, 5.41) is 7.15. The van der Waals surface area contributed by atoms with Crippen LogP contribution in [0.5, 0.6) is 0 Å². The molecule has 3 aromatic rings. The van der Waals surface area contributed by atoms with Crippen molar-refractivity contribution in [3.05, 3.63) is 82.1 Å². The van der Waals surface area contributed by atoms with E-state index in [1.807, 2.05) is 30.3 Å². The second-order valence-corrected chi connectivity index (χ2v) is 8.95. The van der Waals surface area contributed by atoms with Crippen molar-refractivity contribution in [2.45, 2.75) is 25.3 Å². The minimum atomic E-state index is -0.479. The van der Waals surface area contributed by atoms with Gasteiger partial charge in [0, 0.05) is 31.2 Å². The van der Waals surface area contributed by atoms with Gasteiger partial charge in [-0.2, -0.15) is 0 Å². The van der Waals surface area contributed by atoms with E-state index in [4.69, 9.17) is 27.9 Å². The molecule has 1 aliphatic rings. The van der Waals surface area contributed by atoms with E-state index in [1.54, 1.807) is 30.0 Å². The lowest BCUT2D eigenvalue weighted by Gasteiger charge is -2.42. The summed E-state index contributed by atoms with van der Waals surface area (Å²) >= 11 is 12.0. The largest absolute Gasteiger partial charge is 0.462 e. The number of amides is 2. The van der Waals surface area contributed by atoms with Gasteiger partial charge in [-0.25, -0.2) is 19.6 Å². The number of carbonyl (C=O) groups excluding carboxylic acids is 2. The van der Waals surface area contributed by atoms with Crippen LogP contribution in [0, 0.1) is 0 Å². The maximum Gasteiger partial charge on any atom is 0.341 e. The minimum Gasteiger partial charge on any atom is -0.462 e. The zero-order valence-corrected chi connectivity index (χ0v) is 20.6. The Kier molecular flexibility index (Phi) is 7.73. The van der Waals surface area contributed by atoms with E-state index >= 15 is 0 Å². The third-order valence-electron chi connectivity index (χ3n) is 5.92. The smallest absolute Gasteiger partial charge is 0.341 e. The molecule has 182 valence electrons. The number of rotatable bonds is 6. The van der Waals surface area contributed by atoms with Crippen molar-refractivity contribution in [1.82, 2.24) is 14.9 Å². The van der Waals surface area contributed by atoms with E-state index in [-0.39, 0.29) is 12.6 Å². The molecule has 0 unspecified atom stereocenters. The molecule has 1 aromatic heterocycles. The van der Waals surface area contributed by atoms with Gasteiger partial charge in [-0.1, -0.05) is 53.5 Å². The van der Waals surface area contributed by atoms with Gasteiger partial charge < -0.3 is 20.3 Å². The van der Waals surface area contributed by atoms with Gasteiger partial charge in [0.15, 0.2) is 0 Å². The molecule has 35 heavy (non-hydrogen) atoms. The maximum absolute atomic E-state index is 12.9. The Morgan fingerprint density at radius 3 is 2.34 bits per heavy atom. The van der Waals surface area contributed by atoms with Crippen LogP contribution in [0.1, 0.15) is 35.7 Å². The highest BCUT2D eigenvalue weighted by molar-refractivity contribution is 6.42. The lowest BCUT2D eigenvalue weighted by Crippen LogP contribution is -2.50. The fourth-order valence-electron chi connectivity index (χ4n) is 4.04. The summed E-state index contributed by atoms with van der Waals surface area (Å²) in [4.78, 5) is 35.2. The molecule has 1 aliphatic heterocycles. The number of ether oxygens (including phenoxy) is 1. The summed E-state index contributed by atoms with van der Waals surface area (Å²) < 4.78 is 5.00. The van der Waals surface area contributed by atoms with Gasteiger partial charge in [0.05, 0.1) is 27.8 Å². The lowest BCUT2D eigenvalue weighted by molar-refractivity contribution is 0.0525. The predicted octanol–water partition coefficient (Wildman–Crippen LogP) is 5.60. The molecule has 0 bridgehead atoms. The Bertz CT molecular complexity index is 1180. The molecule has 2 heterocycles. The summed E-state index contributed by atoms with van der Waals surface area (Å²) in [7, 11) is 0. The molecular weight excluding hydrogens is 489 g/mol. The molecular formula is C25H25Cl2N5O3. The first-order valence-corrected chi connectivity index (χ1v) is 12.0. The van der Waals surface area contributed by atoms with Crippen LogP contribution < -0.4 is 10.6 Å². The van der Waals surface area contributed by atoms with Crippen LogP contribution in [-0.4, -0.2) is 46.6 Å². The number of esters is 1. The van der Waals surface area contributed by atoms with E-state index in [1.165, 1.54) is 12.4 Å². The fourth-order valence-corrected chi connectivity index (χ4v) is 4.34. The van der Waals surface area contributed by atoms with Crippen LogP contribution >= 0.6 is 23.2 Å². The number of carbonyl (C=O) groups is 2. The van der Waals surface area contributed by atoms with E-state index in [0.717, 1.165) is 5.56 Å². The molecule has 2 amide bonds. The zero-order valence-electron chi connectivity index (χ0n) is 19.1. The number of hydrogen-bond acceptors (Lipinski definition) is 6. The molecule has 0 spiro atoms. The van der Waals surface area contributed by atoms with Gasteiger partial charge in [0.25, 0.3) is 0 Å². The van der Waals surface area contributed by atoms with Crippen molar-refractivity contribution in [3.8, 4) is 0 Å². The Labute approximate surface area is 213 Å². The third-order valence-corrected chi connectivity index (χ3v) is 6.65. The quantitative estimate of drug-likeness (QED) is 0.416. The van der Waals surface area contributed by atoms with Gasteiger partial charge in [-0.15, -0.1) is 0 Å². The Hall–Kier alpha value is -3.36. The molecule has 1 fully saturated rings. The molecule has 1 saturated heterocycles. The lowest BCUT2D eigenvalue weighted by atomic mass is 9.81. The third kappa shape index (κ3) is 5.83. The number of urea groups is 1. The van der Waals surface area contributed by atoms with Crippen molar-refractivity contribution in [3.63, 3.8) is 0 Å².